The number of ether oxygens (including phenoxy) is 1. The van der Waals surface area contributed by atoms with Gasteiger partial charge in [-0.1, -0.05) is 0 Å². The van der Waals surface area contributed by atoms with Gasteiger partial charge in [-0.3, -0.25) is 4.98 Å². The van der Waals surface area contributed by atoms with Crippen molar-refractivity contribution in [1.29, 1.82) is 0 Å². The van der Waals surface area contributed by atoms with Crippen LogP contribution in [0.4, 0.5) is 0 Å². The topological polar surface area (TPSA) is 22.1 Å². The lowest BCUT2D eigenvalue weighted by molar-refractivity contribution is 0.120. The first-order valence-corrected chi connectivity index (χ1v) is 4.86. The molecule has 0 bridgehead atoms. The maximum atomic E-state index is 5.77. The highest BCUT2D eigenvalue weighted by Crippen LogP contribution is 2.25. The van der Waals surface area contributed by atoms with E-state index in [2.05, 4.69) is 4.98 Å². The van der Waals surface area contributed by atoms with E-state index < -0.39 is 0 Å². The van der Waals surface area contributed by atoms with Crippen LogP contribution in [0.25, 0.3) is 0 Å². The molecule has 0 amide bonds. The van der Waals surface area contributed by atoms with Gasteiger partial charge in [0.2, 0.25) is 0 Å². The summed E-state index contributed by atoms with van der Waals surface area (Å²) < 4.78 is 5.77. The van der Waals surface area contributed by atoms with Gasteiger partial charge < -0.3 is 4.74 Å². The van der Waals surface area contributed by atoms with Crippen LogP contribution < -0.4 is 4.74 Å². The summed E-state index contributed by atoms with van der Waals surface area (Å²) in [5.74, 6) is 0.981. The maximum absolute atomic E-state index is 5.77. The van der Waals surface area contributed by atoms with Gasteiger partial charge in [0.15, 0.2) is 0 Å². The highest BCUT2D eigenvalue weighted by Gasteiger charge is 2.19. The maximum Gasteiger partial charge on any atom is 0.123 e. The van der Waals surface area contributed by atoms with Crippen LogP contribution in [-0.4, -0.2) is 11.1 Å². The Morgan fingerprint density at radius 1 is 1.23 bits per heavy atom. The molecule has 0 N–H and O–H groups in total. The minimum absolute atomic E-state index is 0.459. The second kappa shape index (κ2) is 3.36. The van der Waals surface area contributed by atoms with Crippen LogP contribution in [-0.2, 0) is 0 Å². The zero-order chi connectivity index (χ0) is 9.26. The number of hydrogen-bond donors (Lipinski definition) is 0. The van der Waals surface area contributed by atoms with Gasteiger partial charge in [-0.05, 0) is 33.1 Å². The van der Waals surface area contributed by atoms with Crippen molar-refractivity contribution in [2.24, 2.45) is 0 Å². The van der Waals surface area contributed by atoms with Crippen LogP contribution in [0.2, 0.25) is 0 Å². The third-order valence-electron chi connectivity index (χ3n) is 2.41. The number of hydrogen-bond acceptors (Lipinski definition) is 2. The van der Waals surface area contributed by atoms with Crippen LogP contribution in [0.1, 0.15) is 30.7 Å². The monoisotopic (exact) mass is 177 g/mol. The molecule has 1 fully saturated rings. The molecule has 0 radical (unpaired) electrons. The van der Waals surface area contributed by atoms with E-state index in [1.165, 1.54) is 19.3 Å². The van der Waals surface area contributed by atoms with Crippen molar-refractivity contribution in [3.05, 3.63) is 23.5 Å². The molecule has 1 heterocycles. The fourth-order valence-electron chi connectivity index (χ4n) is 1.55. The second-order valence-corrected chi connectivity index (χ2v) is 3.76. The van der Waals surface area contributed by atoms with E-state index in [9.17, 15) is 0 Å². The summed E-state index contributed by atoms with van der Waals surface area (Å²) in [6, 6.07) is 4.01. The standard InChI is InChI=1S/C11H15NO/c1-8-6-11(7-9(2)12-8)13-10-4-3-5-10/h6-7,10H,3-5H2,1-2H3. The van der Waals surface area contributed by atoms with Crippen molar-refractivity contribution < 1.29 is 4.74 Å². The van der Waals surface area contributed by atoms with Gasteiger partial charge in [0.25, 0.3) is 0 Å². The van der Waals surface area contributed by atoms with E-state index >= 15 is 0 Å². The van der Waals surface area contributed by atoms with E-state index in [4.69, 9.17) is 4.74 Å². The molecule has 13 heavy (non-hydrogen) atoms. The first kappa shape index (κ1) is 8.54. The molecule has 0 atom stereocenters. The van der Waals surface area contributed by atoms with Crippen LogP contribution in [0.5, 0.6) is 5.75 Å². The van der Waals surface area contributed by atoms with Gasteiger partial charge >= 0.3 is 0 Å². The Balaban J connectivity index is 2.10. The zero-order valence-electron chi connectivity index (χ0n) is 8.21. The molecule has 0 unspecified atom stereocenters. The van der Waals surface area contributed by atoms with E-state index in [0.29, 0.717) is 6.10 Å². The van der Waals surface area contributed by atoms with E-state index in [0.717, 1.165) is 17.1 Å². The minimum atomic E-state index is 0.459. The molecule has 1 aliphatic carbocycles. The third-order valence-corrected chi connectivity index (χ3v) is 2.41. The van der Waals surface area contributed by atoms with Crippen molar-refractivity contribution in [2.75, 3.05) is 0 Å². The van der Waals surface area contributed by atoms with Crippen molar-refractivity contribution in [3.63, 3.8) is 0 Å². The molecule has 2 nitrogen and oxygen atoms in total. The average molecular weight is 177 g/mol. The lowest BCUT2D eigenvalue weighted by Gasteiger charge is -2.26. The van der Waals surface area contributed by atoms with E-state index in [1.807, 2.05) is 26.0 Å². The second-order valence-electron chi connectivity index (χ2n) is 3.76. The Morgan fingerprint density at radius 2 is 1.85 bits per heavy atom. The summed E-state index contributed by atoms with van der Waals surface area (Å²) in [6.45, 7) is 4.00. The molecule has 2 rings (SSSR count). The predicted octanol–water partition coefficient (Wildman–Crippen LogP) is 2.63. The summed E-state index contributed by atoms with van der Waals surface area (Å²) in [5, 5.41) is 0. The fraction of sp³-hybridized carbons (Fsp3) is 0.545. The van der Waals surface area contributed by atoms with E-state index in [-0.39, 0.29) is 0 Å². The molecule has 0 aromatic carbocycles. The smallest absolute Gasteiger partial charge is 0.123 e. The molecule has 1 aromatic heterocycles. The molecule has 0 aliphatic heterocycles. The van der Waals surface area contributed by atoms with E-state index in [1.54, 1.807) is 0 Å². The highest BCUT2D eigenvalue weighted by molar-refractivity contribution is 5.26. The van der Waals surface area contributed by atoms with Crippen molar-refractivity contribution in [2.45, 2.75) is 39.2 Å². The summed E-state index contributed by atoms with van der Waals surface area (Å²) in [6.07, 6.45) is 4.19. The highest BCUT2D eigenvalue weighted by atomic mass is 16.5. The predicted molar refractivity (Wildman–Crippen MR) is 52.0 cm³/mol. The summed E-state index contributed by atoms with van der Waals surface area (Å²) >= 11 is 0. The minimum Gasteiger partial charge on any atom is -0.490 e. The summed E-state index contributed by atoms with van der Waals surface area (Å²) in [7, 11) is 0. The Bertz CT molecular complexity index is 285. The number of rotatable bonds is 2. The molecule has 1 aromatic rings. The first-order chi connectivity index (χ1) is 6.24. The summed E-state index contributed by atoms with van der Waals surface area (Å²) in [5.41, 5.74) is 2.07. The van der Waals surface area contributed by atoms with Gasteiger partial charge in [0, 0.05) is 23.5 Å². The molecule has 0 spiro atoms. The van der Waals surface area contributed by atoms with Crippen LogP contribution in [0.3, 0.4) is 0 Å². The van der Waals surface area contributed by atoms with Crippen molar-refractivity contribution in [1.82, 2.24) is 4.98 Å². The van der Waals surface area contributed by atoms with Gasteiger partial charge in [0.05, 0.1) is 6.10 Å². The molecule has 2 heteroatoms. The van der Waals surface area contributed by atoms with Crippen LogP contribution >= 0.6 is 0 Å². The Morgan fingerprint density at radius 3 is 2.31 bits per heavy atom. The van der Waals surface area contributed by atoms with Crippen molar-refractivity contribution in [3.8, 4) is 5.75 Å². The normalized spacial score (nSPS) is 16.8. The average Bonchev–Trinajstić information content (AvgIpc) is 1.95. The Labute approximate surface area is 78.9 Å². The van der Waals surface area contributed by atoms with Crippen LogP contribution in [0, 0.1) is 13.8 Å². The van der Waals surface area contributed by atoms with Gasteiger partial charge in [-0.25, -0.2) is 0 Å². The Kier molecular flexibility index (Phi) is 2.21. The van der Waals surface area contributed by atoms with Crippen LogP contribution in [0.15, 0.2) is 12.1 Å². The van der Waals surface area contributed by atoms with Crippen molar-refractivity contribution >= 4 is 0 Å². The van der Waals surface area contributed by atoms with Gasteiger partial charge in [-0.15, -0.1) is 0 Å². The lowest BCUT2D eigenvalue weighted by Crippen LogP contribution is -2.24. The number of nitrogens with zero attached hydrogens (tertiary/aromatic N) is 1. The molecule has 1 saturated carbocycles. The fourth-order valence-corrected chi connectivity index (χ4v) is 1.55. The van der Waals surface area contributed by atoms with Gasteiger partial charge in [0.1, 0.15) is 5.75 Å². The number of pyridine rings is 1. The number of aromatic nitrogens is 1. The summed E-state index contributed by atoms with van der Waals surface area (Å²) in [4.78, 5) is 4.31. The quantitative estimate of drug-likeness (QED) is 0.692. The third kappa shape index (κ3) is 2.00. The molecule has 70 valence electrons. The largest absolute Gasteiger partial charge is 0.490 e. The molecular formula is C11H15NO. The molecule has 0 saturated heterocycles. The number of aryl methyl sites for hydroxylation is 2. The molecular weight excluding hydrogens is 162 g/mol. The van der Waals surface area contributed by atoms with Gasteiger partial charge in [-0.2, -0.15) is 0 Å². The zero-order valence-corrected chi connectivity index (χ0v) is 8.21. The lowest BCUT2D eigenvalue weighted by atomic mass is 9.96. The molecule has 1 aliphatic rings. The SMILES string of the molecule is Cc1cc(OC2CCC2)cc(C)n1. The Hall–Kier alpha value is -1.05. The first-order valence-electron chi connectivity index (χ1n) is 4.86.